The zero-order valence-electron chi connectivity index (χ0n) is 10.9. The van der Waals surface area contributed by atoms with Crippen LogP contribution in [0.3, 0.4) is 0 Å². The summed E-state index contributed by atoms with van der Waals surface area (Å²) < 4.78 is 26.2. The predicted octanol–water partition coefficient (Wildman–Crippen LogP) is 0.825. The van der Waals surface area contributed by atoms with E-state index in [1.54, 1.807) is 0 Å². The van der Waals surface area contributed by atoms with Gasteiger partial charge in [0.25, 0.3) is 5.69 Å². The summed E-state index contributed by atoms with van der Waals surface area (Å²) in [5, 5.41) is 10.5. The second-order valence-corrected chi connectivity index (χ2v) is 6.07. The Kier molecular flexibility index (Phi) is 5.40. The Labute approximate surface area is 112 Å². The van der Waals surface area contributed by atoms with Gasteiger partial charge in [-0.05, 0) is 39.2 Å². The zero-order chi connectivity index (χ0) is 14.5. The molecular formula is C11H17N3O4S. The van der Waals surface area contributed by atoms with Crippen LogP contribution in [0.1, 0.15) is 6.42 Å². The van der Waals surface area contributed by atoms with Crippen LogP contribution in [0, 0.1) is 10.1 Å². The van der Waals surface area contributed by atoms with Crippen LogP contribution in [0.5, 0.6) is 0 Å². The summed E-state index contributed by atoms with van der Waals surface area (Å²) in [7, 11) is 0.223. The number of nitro benzene ring substituents is 1. The fourth-order valence-corrected chi connectivity index (χ4v) is 2.51. The van der Waals surface area contributed by atoms with Crippen molar-refractivity contribution < 1.29 is 13.3 Å². The fraction of sp³-hybridized carbons (Fsp3) is 0.455. The smallest absolute Gasteiger partial charge is 0.269 e. The monoisotopic (exact) mass is 287 g/mol. The van der Waals surface area contributed by atoms with E-state index >= 15 is 0 Å². The molecule has 1 N–H and O–H groups in total. The topological polar surface area (TPSA) is 92.6 Å². The number of hydrogen-bond acceptors (Lipinski definition) is 5. The van der Waals surface area contributed by atoms with Crippen molar-refractivity contribution in [2.45, 2.75) is 11.3 Å². The number of hydrogen-bond donors (Lipinski definition) is 1. The maximum atomic E-state index is 11.9. The van der Waals surface area contributed by atoms with Crippen LogP contribution in [0.2, 0.25) is 0 Å². The van der Waals surface area contributed by atoms with Gasteiger partial charge in [-0.1, -0.05) is 0 Å². The van der Waals surface area contributed by atoms with E-state index in [-0.39, 0.29) is 10.6 Å². The fourth-order valence-electron chi connectivity index (χ4n) is 1.43. The zero-order valence-corrected chi connectivity index (χ0v) is 11.7. The lowest BCUT2D eigenvalue weighted by molar-refractivity contribution is -0.384. The third-order valence-corrected chi connectivity index (χ3v) is 3.91. The van der Waals surface area contributed by atoms with Crippen LogP contribution in [-0.4, -0.2) is 45.4 Å². The van der Waals surface area contributed by atoms with E-state index in [2.05, 4.69) is 4.72 Å². The molecule has 1 rings (SSSR count). The summed E-state index contributed by atoms with van der Waals surface area (Å²) in [6, 6.07) is 4.81. The molecule has 0 aliphatic heterocycles. The molecule has 0 fully saturated rings. The molecule has 0 aromatic heterocycles. The SMILES string of the molecule is CN(C)CCCNS(=O)(=O)c1ccc([N+](=O)[O-])cc1. The minimum absolute atomic E-state index is 0.0305. The average molecular weight is 287 g/mol. The van der Waals surface area contributed by atoms with Crippen molar-refractivity contribution in [2.75, 3.05) is 27.2 Å². The molecule has 0 radical (unpaired) electrons. The molecule has 0 saturated heterocycles. The van der Waals surface area contributed by atoms with Crippen LogP contribution in [-0.2, 0) is 10.0 Å². The first-order valence-corrected chi connectivity index (χ1v) is 7.20. The number of sulfonamides is 1. The van der Waals surface area contributed by atoms with Crippen molar-refractivity contribution in [3.05, 3.63) is 34.4 Å². The minimum Gasteiger partial charge on any atom is -0.309 e. The Morgan fingerprint density at radius 3 is 2.32 bits per heavy atom. The molecule has 0 unspecified atom stereocenters. The molecule has 0 aliphatic rings. The number of nitrogens with one attached hydrogen (secondary N) is 1. The van der Waals surface area contributed by atoms with Crippen LogP contribution >= 0.6 is 0 Å². The number of nitrogens with zero attached hydrogens (tertiary/aromatic N) is 2. The van der Waals surface area contributed by atoms with Crippen LogP contribution in [0.15, 0.2) is 29.2 Å². The lowest BCUT2D eigenvalue weighted by Crippen LogP contribution is -2.27. The lowest BCUT2D eigenvalue weighted by Gasteiger charge is -2.10. The molecule has 0 atom stereocenters. The first kappa shape index (κ1) is 15.5. The van der Waals surface area contributed by atoms with Crippen molar-refractivity contribution in [3.8, 4) is 0 Å². The summed E-state index contributed by atoms with van der Waals surface area (Å²) >= 11 is 0. The predicted molar refractivity (Wildman–Crippen MR) is 71.5 cm³/mol. The molecule has 19 heavy (non-hydrogen) atoms. The highest BCUT2D eigenvalue weighted by Gasteiger charge is 2.14. The Hall–Kier alpha value is -1.51. The highest BCUT2D eigenvalue weighted by molar-refractivity contribution is 7.89. The van der Waals surface area contributed by atoms with E-state index in [0.29, 0.717) is 13.0 Å². The highest BCUT2D eigenvalue weighted by atomic mass is 32.2. The van der Waals surface area contributed by atoms with Gasteiger partial charge in [0.1, 0.15) is 0 Å². The first-order valence-electron chi connectivity index (χ1n) is 5.72. The molecule has 8 heteroatoms. The Bertz CT molecular complexity index is 525. The maximum Gasteiger partial charge on any atom is 0.269 e. The van der Waals surface area contributed by atoms with Gasteiger partial charge in [0.05, 0.1) is 9.82 Å². The Balaban J connectivity index is 2.64. The van der Waals surface area contributed by atoms with Crippen LogP contribution in [0.4, 0.5) is 5.69 Å². The van der Waals surface area contributed by atoms with Gasteiger partial charge >= 0.3 is 0 Å². The second-order valence-electron chi connectivity index (χ2n) is 4.31. The van der Waals surface area contributed by atoms with Gasteiger partial charge in [0.2, 0.25) is 10.0 Å². The van der Waals surface area contributed by atoms with Crippen molar-refractivity contribution >= 4 is 15.7 Å². The molecule has 1 aromatic carbocycles. The van der Waals surface area contributed by atoms with Crippen LogP contribution in [0.25, 0.3) is 0 Å². The van der Waals surface area contributed by atoms with Gasteiger partial charge in [0, 0.05) is 18.7 Å². The Morgan fingerprint density at radius 1 is 1.26 bits per heavy atom. The molecule has 106 valence electrons. The van der Waals surface area contributed by atoms with Gasteiger partial charge in [0.15, 0.2) is 0 Å². The third-order valence-electron chi connectivity index (χ3n) is 2.43. The van der Waals surface area contributed by atoms with E-state index in [4.69, 9.17) is 0 Å². The quantitative estimate of drug-likeness (QED) is 0.455. The van der Waals surface area contributed by atoms with E-state index < -0.39 is 14.9 Å². The standard InChI is InChI=1S/C11H17N3O4S/c1-13(2)9-3-8-12-19(17,18)11-6-4-10(5-7-11)14(15)16/h4-7,12H,3,8-9H2,1-2H3. The number of benzene rings is 1. The molecule has 0 saturated carbocycles. The minimum atomic E-state index is -3.59. The summed E-state index contributed by atoms with van der Waals surface area (Å²) in [4.78, 5) is 11.9. The van der Waals surface area contributed by atoms with Crippen molar-refractivity contribution in [1.82, 2.24) is 9.62 Å². The molecule has 0 heterocycles. The normalized spacial score (nSPS) is 11.7. The molecular weight excluding hydrogens is 270 g/mol. The third kappa shape index (κ3) is 4.93. The van der Waals surface area contributed by atoms with Crippen molar-refractivity contribution in [2.24, 2.45) is 0 Å². The Morgan fingerprint density at radius 2 is 1.84 bits per heavy atom. The second kappa shape index (κ2) is 6.60. The molecule has 7 nitrogen and oxygen atoms in total. The van der Waals surface area contributed by atoms with Gasteiger partial charge < -0.3 is 4.90 Å². The number of non-ortho nitro benzene ring substituents is 1. The highest BCUT2D eigenvalue weighted by Crippen LogP contribution is 2.15. The first-order chi connectivity index (χ1) is 8.83. The van der Waals surface area contributed by atoms with Crippen molar-refractivity contribution in [1.29, 1.82) is 0 Å². The lowest BCUT2D eigenvalue weighted by atomic mass is 10.3. The van der Waals surface area contributed by atoms with Gasteiger partial charge in [-0.25, -0.2) is 13.1 Å². The number of nitro groups is 1. The van der Waals surface area contributed by atoms with Crippen molar-refractivity contribution in [3.63, 3.8) is 0 Å². The van der Waals surface area contributed by atoms with Crippen LogP contribution < -0.4 is 4.72 Å². The van der Waals surface area contributed by atoms with E-state index in [9.17, 15) is 18.5 Å². The maximum absolute atomic E-state index is 11.9. The van der Waals surface area contributed by atoms with Gasteiger partial charge in [-0.2, -0.15) is 0 Å². The molecule has 0 amide bonds. The summed E-state index contributed by atoms with van der Waals surface area (Å²) in [6.45, 7) is 1.11. The summed E-state index contributed by atoms with van der Waals surface area (Å²) in [5.74, 6) is 0. The van der Waals surface area contributed by atoms with E-state index in [0.717, 1.165) is 6.54 Å². The average Bonchev–Trinajstić information content (AvgIpc) is 2.34. The molecule has 1 aromatic rings. The molecule has 0 spiro atoms. The summed E-state index contributed by atoms with van der Waals surface area (Å²) in [6.07, 6.45) is 0.694. The van der Waals surface area contributed by atoms with Gasteiger partial charge in [-0.15, -0.1) is 0 Å². The van der Waals surface area contributed by atoms with E-state index in [1.165, 1.54) is 24.3 Å². The van der Waals surface area contributed by atoms with Gasteiger partial charge in [-0.3, -0.25) is 10.1 Å². The molecule has 0 bridgehead atoms. The largest absolute Gasteiger partial charge is 0.309 e. The van der Waals surface area contributed by atoms with E-state index in [1.807, 2.05) is 19.0 Å². The number of rotatable bonds is 7. The summed E-state index contributed by atoms with van der Waals surface area (Å²) in [5.41, 5.74) is -0.133. The molecule has 0 aliphatic carbocycles.